The average Bonchev–Trinajstić information content (AvgIpc) is 2.59. The van der Waals surface area contributed by atoms with Gasteiger partial charge in [-0.25, -0.2) is 0 Å². The Bertz CT molecular complexity index is 469. The molecule has 0 bridgehead atoms. The van der Waals surface area contributed by atoms with Crippen LogP contribution in [0.15, 0.2) is 40.2 Å². The van der Waals surface area contributed by atoms with E-state index in [4.69, 9.17) is 4.74 Å². The fraction of sp³-hybridized carbons (Fsp3) is 0.588. The van der Waals surface area contributed by atoms with Gasteiger partial charge in [0.05, 0.1) is 13.2 Å². The molecule has 1 atom stereocenters. The highest BCUT2D eigenvalue weighted by atomic mass is 127. The third-order valence-corrected chi connectivity index (χ3v) is 4.80. The first-order chi connectivity index (χ1) is 11.3. The van der Waals surface area contributed by atoms with Crippen LogP contribution in [0.25, 0.3) is 0 Å². The predicted molar refractivity (Wildman–Crippen MR) is 114 cm³/mol. The maximum absolute atomic E-state index is 5.36. The summed E-state index contributed by atoms with van der Waals surface area (Å²) in [6, 6.07) is 10.5. The summed E-state index contributed by atoms with van der Waals surface area (Å²) in [6.07, 6.45) is 0. The molecule has 7 heteroatoms. The first-order valence-corrected chi connectivity index (χ1v) is 9.12. The molecule has 2 N–H and O–H groups in total. The zero-order valence-corrected chi connectivity index (χ0v) is 17.7. The third-order valence-electron chi connectivity index (χ3n) is 3.69. The second-order valence-electron chi connectivity index (χ2n) is 5.58. The molecule has 0 aromatic heterocycles. The summed E-state index contributed by atoms with van der Waals surface area (Å²) < 4.78 is 5.36. The summed E-state index contributed by atoms with van der Waals surface area (Å²) >= 11 is 1.88. The molecule has 1 aromatic carbocycles. The van der Waals surface area contributed by atoms with Crippen LogP contribution in [0.4, 0.5) is 0 Å². The molecule has 0 radical (unpaired) electrons. The van der Waals surface area contributed by atoms with E-state index in [9.17, 15) is 0 Å². The minimum absolute atomic E-state index is 0. The van der Waals surface area contributed by atoms with Crippen molar-refractivity contribution in [1.29, 1.82) is 0 Å². The zero-order chi connectivity index (χ0) is 16.3. The highest BCUT2D eigenvalue weighted by molar-refractivity contribution is 14.0. The lowest BCUT2D eigenvalue weighted by atomic mass is 10.4. The molecular formula is C17H29IN4OS. The van der Waals surface area contributed by atoms with Crippen LogP contribution in [0.2, 0.25) is 0 Å². The van der Waals surface area contributed by atoms with Gasteiger partial charge in [0.1, 0.15) is 0 Å². The molecule has 0 spiro atoms. The van der Waals surface area contributed by atoms with Crippen LogP contribution in [0.3, 0.4) is 0 Å². The van der Waals surface area contributed by atoms with Gasteiger partial charge >= 0.3 is 0 Å². The SMILES string of the molecule is CN=C(NCCN1CCOCC1)NCC(C)Sc1ccccc1.I. The van der Waals surface area contributed by atoms with Gasteiger partial charge in [-0.15, -0.1) is 35.7 Å². The van der Waals surface area contributed by atoms with Gasteiger partial charge in [0.2, 0.25) is 0 Å². The molecule has 1 aromatic rings. The van der Waals surface area contributed by atoms with Crippen LogP contribution in [-0.4, -0.2) is 69.1 Å². The normalized spacial score (nSPS) is 17.0. The summed E-state index contributed by atoms with van der Waals surface area (Å²) in [6.45, 7) is 8.79. The minimum Gasteiger partial charge on any atom is -0.379 e. The first-order valence-electron chi connectivity index (χ1n) is 8.24. The van der Waals surface area contributed by atoms with Gasteiger partial charge in [-0.3, -0.25) is 9.89 Å². The second kappa shape index (κ2) is 12.8. The minimum atomic E-state index is 0. The van der Waals surface area contributed by atoms with Crippen molar-refractivity contribution in [3.63, 3.8) is 0 Å². The molecule has 0 aliphatic carbocycles. The van der Waals surface area contributed by atoms with E-state index in [0.717, 1.165) is 51.9 Å². The number of aliphatic imine (C=N–C) groups is 1. The largest absolute Gasteiger partial charge is 0.379 e. The van der Waals surface area contributed by atoms with E-state index in [-0.39, 0.29) is 24.0 Å². The van der Waals surface area contributed by atoms with Crippen LogP contribution in [0, 0.1) is 0 Å². The number of halogens is 1. The molecule has 0 saturated carbocycles. The summed E-state index contributed by atoms with van der Waals surface area (Å²) in [7, 11) is 1.82. The van der Waals surface area contributed by atoms with Crippen LogP contribution in [-0.2, 0) is 4.74 Å². The maximum Gasteiger partial charge on any atom is 0.191 e. The van der Waals surface area contributed by atoms with Crippen molar-refractivity contribution in [3.8, 4) is 0 Å². The number of ether oxygens (including phenoxy) is 1. The molecule has 136 valence electrons. The van der Waals surface area contributed by atoms with Gasteiger partial charge in [0.25, 0.3) is 0 Å². The molecule has 2 rings (SSSR count). The fourth-order valence-corrected chi connectivity index (χ4v) is 3.34. The lowest BCUT2D eigenvalue weighted by Gasteiger charge is -2.26. The van der Waals surface area contributed by atoms with E-state index >= 15 is 0 Å². The number of guanidine groups is 1. The molecule has 24 heavy (non-hydrogen) atoms. The Morgan fingerprint density at radius 2 is 1.96 bits per heavy atom. The molecule has 0 amide bonds. The second-order valence-corrected chi connectivity index (χ2v) is 7.09. The Morgan fingerprint density at radius 1 is 1.25 bits per heavy atom. The molecule has 5 nitrogen and oxygen atoms in total. The number of thioether (sulfide) groups is 1. The van der Waals surface area contributed by atoms with Gasteiger partial charge < -0.3 is 15.4 Å². The van der Waals surface area contributed by atoms with Gasteiger partial charge in [-0.05, 0) is 12.1 Å². The standard InChI is InChI=1S/C17H28N4OS.HI/c1-15(23-16-6-4-3-5-7-16)14-20-17(18-2)19-8-9-21-10-12-22-13-11-21;/h3-7,15H,8-14H2,1-2H3,(H2,18,19,20);1H. The van der Waals surface area contributed by atoms with Crippen molar-refractivity contribution >= 4 is 41.7 Å². The smallest absolute Gasteiger partial charge is 0.191 e. The number of benzene rings is 1. The number of nitrogens with one attached hydrogen (secondary N) is 2. The molecule has 1 aliphatic heterocycles. The van der Waals surface area contributed by atoms with E-state index in [1.807, 2.05) is 24.9 Å². The van der Waals surface area contributed by atoms with Crippen molar-refractivity contribution in [3.05, 3.63) is 30.3 Å². The fourth-order valence-electron chi connectivity index (χ4n) is 2.39. The third kappa shape index (κ3) is 8.55. The number of hydrogen-bond acceptors (Lipinski definition) is 4. The molecule has 1 saturated heterocycles. The lowest BCUT2D eigenvalue weighted by Crippen LogP contribution is -2.45. The van der Waals surface area contributed by atoms with E-state index in [1.54, 1.807) is 0 Å². The van der Waals surface area contributed by atoms with E-state index < -0.39 is 0 Å². The van der Waals surface area contributed by atoms with Crippen LogP contribution in [0.5, 0.6) is 0 Å². The van der Waals surface area contributed by atoms with Crippen molar-refractivity contribution in [1.82, 2.24) is 15.5 Å². The molecular weight excluding hydrogens is 435 g/mol. The van der Waals surface area contributed by atoms with Gasteiger partial charge in [-0.1, -0.05) is 25.1 Å². The van der Waals surface area contributed by atoms with Crippen molar-refractivity contribution in [2.24, 2.45) is 4.99 Å². The summed E-state index contributed by atoms with van der Waals surface area (Å²) in [5, 5.41) is 7.27. The monoisotopic (exact) mass is 464 g/mol. The topological polar surface area (TPSA) is 48.9 Å². The quantitative estimate of drug-likeness (QED) is 0.281. The molecule has 1 fully saturated rings. The van der Waals surface area contributed by atoms with Crippen molar-refractivity contribution in [2.45, 2.75) is 17.1 Å². The van der Waals surface area contributed by atoms with Gasteiger partial charge in [0.15, 0.2) is 5.96 Å². The molecule has 1 aliphatic rings. The number of nitrogens with zero attached hydrogens (tertiary/aromatic N) is 2. The summed E-state index contributed by atoms with van der Waals surface area (Å²) in [4.78, 5) is 8.01. The van der Waals surface area contributed by atoms with E-state index in [2.05, 4.69) is 51.7 Å². The van der Waals surface area contributed by atoms with Crippen LogP contribution >= 0.6 is 35.7 Å². The predicted octanol–water partition coefficient (Wildman–Crippen LogP) is 2.28. The number of rotatable bonds is 7. The van der Waals surface area contributed by atoms with Gasteiger partial charge in [0, 0.05) is 49.9 Å². The number of morpholine rings is 1. The van der Waals surface area contributed by atoms with Gasteiger partial charge in [-0.2, -0.15) is 0 Å². The maximum atomic E-state index is 5.36. The molecule has 1 heterocycles. The zero-order valence-electron chi connectivity index (χ0n) is 14.5. The average molecular weight is 464 g/mol. The Balaban J connectivity index is 0.00000288. The van der Waals surface area contributed by atoms with Crippen LogP contribution in [0.1, 0.15) is 6.92 Å². The van der Waals surface area contributed by atoms with Crippen molar-refractivity contribution < 1.29 is 4.74 Å². The first kappa shape index (κ1) is 21.5. The molecule has 1 unspecified atom stereocenters. The Labute approximate surface area is 167 Å². The highest BCUT2D eigenvalue weighted by Crippen LogP contribution is 2.21. The van der Waals surface area contributed by atoms with Crippen molar-refractivity contribution in [2.75, 3.05) is 53.0 Å². The Morgan fingerprint density at radius 3 is 2.62 bits per heavy atom. The summed E-state index contributed by atoms with van der Waals surface area (Å²) in [5.41, 5.74) is 0. The summed E-state index contributed by atoms with van der Waals surface area (Å²) in [5.74, 6) is 0.874. The lowest BCUT2D eigenvalue weighted by molar-refractivity contribution is 0.0389. The van der Waals surface area contributed by atoms with Crippen LogP contribution < -0.4 is 10.6 Å². The van der Waals surface area contributed by atoms with E-state index in [1.165, 1.54) is 4.90 Å². The number of hydrogen-bond donors (Lipinski definition) is 2. The van der Waals surface area contributed by atoms with E-state index in [0.29, 0.717) is 5.25 Å². The highest BCUT2D eigenvalue weighted by Gasteiger charge is 2.10. The Kier molecular flexibility index (Phi) is 11.5. The Hall–Kier alpha value is -0.510.